The fourth-order valence-electron chi connectivity index (χ4n) is 1.98. The number of anilines is 2. The van der Waals surface area contributed by atoms with Crippen molar-refractivity contribution in [1.29, 1.82) is 0 Å². The van der Waals surface area contributed by atoms with Crippen molar-refractivity contribution in [3.63, 3.8) is 0 Å². The SMILES string of the molecule is Cc1c(N)nsc1N1CCn2ccnc2C1. The first-order valence-electron chi connectivity index (χ1n) is 5.22. The highest BCUT2D eigenvalue weighted by molar-refractivity contribution is 7.10. The quantitative estimate of drug-likeness (QED) is 0.808. The topological polar surface area (TPSA) is 60.0 Å². The van der Waals surface area contributed by atoms with Crippen molar-refractivity contribution in [2.45, 2.75) is 20.0 Å². The van der Waals surface area contributed by atoms with Gasteiger partial charge >= 0.3 is 0 Å². The molecule has 0 unspecified atom stereocenters. The van der Waals surface area contributed by atoms with Crippen LogP contribution in [0.1, 0.15) is 11.4 Å². The number of nitrogen functional groups attached to an aromatic ring is 1. The standard InChI is InChI=1S/C10H13N5S/c1-7-9(11)13-16-10(7)15-5-4-14-3-2-12-8(14)6-15/h2-3H,4-6H2,1H3,(H2,11,13). The summed E-state index contributed by atoms with van der Waals surface area (Å²) in [4.78, 5) is 6.64. The lowest BCUT2D eigenvalue weighted by Crippen LogP contribution is -2.33. The van der Waals surface area contributed by atoms with Gasteiger partial charge in [-0.1, -0.05) is 0 Å². The third-order valence-electron chi connectivity index (χ3n) is 2.97. The van der Waals surface area contributed by atoms with E-state index in [-0.39, 0.29) is 0 Å². The number of imidazole rings is 1. The van der Waals surface area contributed by atoms with E-state index in [1.54, 1.807) is 0 Å². The Bertz CT molecular complexity index is 515. The zero-order chi connectivity index (χ0) is 11.1. The van der Waals surface area contributed by atoms with E-state index in [0.29, 0.717) is 5.82 Å². The summed E-state index contributed by atoms with van der Waals surface area (Å²) < 4.78 is 6.38. The highest BCUT2D eigenvalue weighted by Crippen LogP contribution is 2.31. The summed E-state index contributed by atoms with van der Waals surface area (Å²) in [6.07, 6.45) is 3.88. The minimum absolute atomic E-state index is 0.647. The Kier molecular flexibility index (Phi) is 2.10. The number of nitrogens with two attached hydrogens (primary N) is 1. The number of rotatable bonds is 1. The second kappa shape index (κ2) is 3.48. The van der Waals surface area contributed by atoms with E-state index in [0.717, 1.165) is 31.0 Å². The van der Waals surface area contributed by atoms with Gasteiger partial charge in [0.15, 0.2) is 0 Å². The zero-order valence-electron chi connectivity index (χ0n) is 9.05. The first kappa shape index (κ1) is 9.65. The van der Waals surface area contributed by atoms with Gasteiger partial charge in [-0.05, 0) is 18.5 Å². The maximum atomic E-state index is 5.77. The molecular formula is C10H13N5S. The summed E-state index contributed by atoms with van der Waals surface area (Å²) in [6, 6.07) is 0. The number of fused-ring (bicyclic) bond motifs is 1. The molecule has 5 nitrogen and oxygen atoms in total. The van der Waals surface area contributed by atoms with E-state index < -0.39 is 0 Å². The van der Waals surface area contributed by atoms with E-state index in [1.807, 2.05) is 19.3 Å². The van der Waals surface area contributed by atoms with Crippen molar-refractivity contribution in [2.24, 2.45) is 0 Å². The van der Waals surface area contributed by atoms with Gasteiger partial charge in [-0.15, -0.1) is 0 Å². The summed E-state index contributed by atoms with van der Waals surface area (Å²) in [5.41, 5.74) is 6.86. The average molecular weight is 235 g/mol. The van der Waals surface area contributed by atoms with Crippen molar-refractivity contribution in [3.05, 3.63) is 23.8 Å². The molecule has 16 heavy (non-hydrogen) atoms. The molecular weight excluding hydrogens is 222 g/mol. The Hall–Kier alpha value is -1.56. The molecule has 0 aromatic carbocycles. The molecule has 1 aliphatic rings. The van der Waals surface area contributed by atoms with Crippen LogP contribution in [0.5, 0.6) is 0 Å². The maximum Gasteiger partial charge on any atom is 0.142 e. The van der Waals surface area contributed by atoms with E-state index >= 15 is 0 Å². The summed E-state index contributed by atoms with van der Waals surface area (Å²) in [5.74, 6) is 1.76. The van der Waals surface area contributed by atoms with Crippen LogP contribution < -0.4 is 10.6 Å². The molecule has 0 bridgehead atoms. The summed E-state index contributed by atoms with van der Waals surface area (Å²) in [5, 5.41) is 1.17. The fourth-order valence-corrected chi connectivity index (χ4v) is 2.82. The molecule has 84 valence electrons. The monoisotopic (exact) mass is 235 g/mol. The van der Waals surface area contributed by atoms with Crippen LogP contribution in [0.3, 0.4) is 0 Å². The molecule has 0 saturated heterocycles. The van der Waals surface area contributed by atoms with Crippen LogP contribution in [0.15, 0.2) is 12.4 Å². The molecule has 0 saturated carbocycles. The lowest BCUT2D eigenvalue weighted by Gasteiger charge is -2.28. The van der Waals surface area contributed by atoms with E-state index in [2.05, 4.69) is 18.8 Å². The van der Waals surface area contributed by atoms with Crippen molar-refractivity contribution in [1.82, 2.24) is 13.9 Å². The van der Waals surface area contributed by atoms with Gasteiger partial charge in [-0.2, -0.15) is 4.37 Å². The Morgan fingerprint density at radius 2 is 2.31 bits per heavy atom. The summed E-state index contributed by atoms with van der Waals surface area (Å²) in [6.45, 7) is 4.84. The van der Waals surface area contributed by atoms with E-state index in [9.17, 15) is 0 Å². The fraction of sp³-hybridized carbons (Fsp3) is 0.400. The molecule has 0 fully saturated rings. The van der Waals surface area contributed by atoms with Crippen LogP contribution in [0.25, 0.3) is 0 Å². The van der Waals surface area contributed by atoms with Crippen LogP contribution >= 0.6 is 11.5 Å². The van der Waals surface area contributed by atoms with Crippen LogP contribution in [0.4, 0.5) is 10.8 Å². The molecule has 0 spiro atoms. The normalized spacial score (nSPS) is 15.2. The van der Waals surface area contributed by atoms with Gasteiger partial charge in [0.1, 0.15) is 16.6 Å². The summed E-state index contributed by atoms with van der Waals surface area (Å²) >= 11 is 1.47. The molecule has 2 aromatic rings. The Morgan fingerprint density at radius 3 is 3.06 bits per heavy atom. The third-order valence-corrected chi connectivity index (χ3v) is 3.99. The lowest BCUT2D eigenvalue weighted by molar-refractivity contribution is 0.562. The first-order valence-corrected chi connectivity index (χ1v) is 6.00. The molecule has 0 radical (unpaired) electrons. The third kappa shape index (κ3) is 1.37. The van der Waals surface area contributed by atoms with E-state index in [4.69, 9.17) is 5.73 Å². The Labute approximate surface area is 97.7 Å². The minimum Gasteiger partial charge on any atom is -0.383 e. The number of aromatic nitrogens is 3. The highest BCUT2D eigenvalue weighted by Gasteiger charge is 2.20. The van der Waals surface area contributed by atoms with Gasteiger partial charge in [-0.3, -0.25) is 0 Å². The Morgan fingerprint density at radius 1 is 1.44 bits per heavy atom. The Balaban J connectivity index is 1.91. The van der Waals surface area contributed by atoms with Crippen LogP contribution in [-0.2, 0) is 13.1 Å². The molecule has 0 amide bonds. The minimum atomic E-state index is 0.647. The zero-order valence-corrected chi connectivity index (χ0v) is 9.87. The molecule has 3 rings (SSSR count). The van der Waals surface area contributed by atoms with Crippen LogP contribution in [-0.4, -0.2) is 20.5 Å². The first-order chi connectivity index (χ1) is 7.75. The van der Waals surface area contributed by atoms with E-state index in [1.165, 1.54) is 16.5 Å². The van der Waals surface area contributed by atoms with Crippen molar-refractivity contribution in [3.8, 4) is 0 Å². The van der Waals surface area contributed by atoms with Crippen LogP contribution in [0, 0.1) is 6.92 Å². The predicted octanol–water partition coefficient (Wildman–Crippen LogP) is 1.25. The lowest BCUT2D eigenvalue weighted by atomic mass is 10.3. The number of hydrogen-bond donors (Lipinski definition) is 1. The van der Waals surface area contributed by atoms with Crippen LogP contribution in [0.2, 0.25) is 0 Å². The van der Waals surface area contributed by atoms with Gasteiger partial charge in [0, 0.05) is 31.0 Å². The molecule has 2 N–H and O–H groups in total. The number of nitrogens with zero attached hydrogens (tertiary/aromatic N) is 4. The van der Waals surface area contributed by atoms with Gasteiger partial charge in [0.2, 0.25) is 0 Å². The molecule has 2 aromatic heterocycles. The van der Waals surface area contributed by atoms with Gasteiger partial charge in [-0.25, -0.2) is 4.98 Å². The second-order valence-electron chi connectivity index (χ2n) is 3.96. The molecule has 0 atom stereocenters. The van der Waals surface area contributed by atoms with Gasteiger partial charge in [0.05, 0.1) is 6.54 Å². The number of hydrogen-bond acceptors (Lipinski definition) is 5. The molecule has 0 aliphatic carbocycles. The van der Waals surface area contributed by atoms with Crippen molar-refractivity contribution >= 4 is 22.4 Å². The molecule has 1 aliphatic heterocycles. The highest BCUT2D eigenvalue weighted by atomic mass is 32.1. The predicted molar refractivity (Wildman–Crippen MR) is 64.5 cm³/mol. The van der Waals surface area contributed by atoms with Gasteiger partial charge < -0.3 is 15.2 Å². The average Bonchev–Trinajstić information content (AvgIpc) is 2.86. The van der Waals surface area contributed by atoms with Crippen molar-refractivity contribution < 1.29 is 0 Å². The summed E-state index contributed by atoms with van der Waals surface area (Å²) in [7, 11) is 0. The molecule has 6 heteroatoms. The smallest absolute Gasteiger partial charge is 0.142 e. The second-order valence-corrected chi connectivity index (χ2v) is 4.71. The molecule has 3 heterocycles. The largest absolute Gasteiger partial charge is 0.383 e. The van der Waals surface area contributed by atoms with Crippen molar-refractivity contribution in [2.75, 3.05) is 17.2 Å². The van der Waals surface area contributed by atoms with Gasteiger partial charge in [0.25, 0.3) is 0 Å². The maximum absolute atomic E-state index is 5.77.